The Morgan fingerprint density at radius 1 is 0.321 bits per heavy atom. The Balaban J connectivity index is 1.35. The summed E-state index contributed by atoms with van der Waals surface area (Å²) in [6.45, 7) is 0. The minimum atomic E-state index is -3.94. The summed E-state index contributed by atoms with van der Waals surface area (Å²) in [6.07, 6.45) is 0. The largest absolute Gasteiger partial charge is 0.319 e. The van der Waals surface area contributed by atoms with Gasteiger partial charge < -0.3 is 0 Å². The van der Waals surface area contributed by atoms with Crippen molar-refractivity contribution in [1.29, 1.82) is 0 Å². The topological polar surface area (TPSA) is 52.6 Å². The highest BCUT2D eigenvalue weighted by molar-refractivity contribution is 7.75. The SMILES string of the molecule is O=P(c1cccc(-c2cccc(N(c3ccccc3)c3ccccc3)n2)n1)(N(c1ccccc1)c1ccccc1)N(c1ccccc1)c1ccccc1. The number of nitrogens with zero attached hydrogens (tertiary/aromatic N) is 5. The molecule has 2 aromatic heterocycles. The molecular formula is C46H36N5OP. The molecule has 0 fully saturated rings. The standard InChI is InChI=1S/C46H36N5OP/c52-53(50(39-25-11-3-12-26-39)40-27-13-4-14-28-40,51(41-29-15-5-16-30-41)42-31-17-6-18-32-42)46-36-20-34-44(48-46)43-33-19-35-45(47-43)49(37-21-7-1-8-22-37)38-23-9-2-10-24-38/h1-36H. The van der Waals surface area contributed by atoms with Gasteiger partial charge in [-0.15, -0.1) is 0 Å². The average molecular weight is 706 g/mol. The number of hydrogen-bond donors (Lipinski definition) is 0. The molecule has 0 aliphatic heterocycles. The van der Waals surface area contributed by atoms with Gasteiger partial charge in [-0.1, -0.05) is 121 Å². The van der Waals surface area contributed by atoms with Crippen LogP contribution < -0.4 is 19.7 Å². The zero-order valence-electron chi connectivity index (χ0n) is 28.9. The molecule has 0 aliphatic carbocycles. The first-order chi connectivity index (χ1) is 26.2. The van der Waals surface area contributed by atoms with E-state index in [-0.39, 0.29) is 0 Å². The van der Waals surface area contributed by atoms with Crippen LogP contribution in [0.25, 0.3) is 11.4 Å². The number of benzene rings is 6. The molecular weight excluding hydrogens is 670 g/mol. The maximum Gasteiger partial charge on any atom is 0.319 e. The number of para-hydroxylation sites is 6. The third-order valence-corrected chi connectivity index (χ3v) is 11.7. The molecule has 53 heavy (non-hydrogen) atoms. The summed E-state index contributed by atoms with van der Waals surface area (Å²) in [5, 5.41) is 0. The van der Waals surface area contributed by atoms with Crippen LogP contribution in [0.2, 0.25) is 0 Å². The normalized spacial score (nSPS) is 11.1. The van der Waals surface area contributed by atoms with E-state index in [0.29, 0.717) is 16.8 Å². The van der Waals surface area contributed by atoms with Gasteiger partial charge in [0.15, 0.2) is 0 Å². The maximum absolute atomic E-state index is 16.9. The summed E-state index contributed by atoms with van der Waals surface area (Å²) in [4.78, 5) is 12.6. The molecule has 0 amide bonds. The van der Waals surface area contributed by atoms with Crippen molar-refractivity contribution in [1.82, 2.24) is 9.97 Å². The molecule has 0 radical (unpaired) electrons. The summed E-state index contributed by atoms with van der Waals surface area (Å²) in [6, 6.07) is 71.6. The predicted octanol–water partition coefficient (Wildman–Crippen LogP) is 12.1. The molecule has 0 saturated carbocycles. The number of hydrogen-bond acceptors (Lipinski definition) is 4. The van der Waals surface area contributed by atoms with E-state index in [4.69, 9.17) is 9.97 Å². The van der Waals surface area contributed by atoms with Crippen LogP contribution >= 0.6 is 7.44 Å². The fourth-order valence-electron chi connectivity index (χ4n) is 6.48. The number of anilines is 7. The molecule has 256 valence electrons. The van der Waals surface area contributed by atoms with E-state index in [1.807, 2.05) is 203 Å². The highest BCUT2D eigenvalue weighted by Crippen LogP contribution is 2.62. The molecule has 7 heteroatoms. The summed E-state index contributed by atoms with van der Waals surface area (Å²) in [7, 11) is -3.94. The predicted molar refractivity (Wildman–Crippen MR) is 219 cm³/mol. The van der Waals surface area contributed by atoms with E-state index in [9.17, 15) is 0 Å². The van der Waals surface area contributed by atoms with Gasteiger partial charge in [0.2, 0.25) is 0 Å². The lowest BCUT2D eigenvalue weighted by atomic mass is 10.2. The highest BCUT2D eigenvalue weighted by Gasteiger charge is 2.43. The Labute approximate surface area is 310 Å². The van der Waals surface area contributed by atoms with Crippen LogP contribution in [0, 0.1) is 0 Å². The highest BCUT2D eigenvalue weighted by atomic mass is 31.2. The van der Waals surface area contributed by atoms with Crippen molar-refractivity contribution < 1.29 is 4.57 Å². The second-order valence-electron chi connectivity index (χ2n) is 12.3. The van der Waals surface area contributed by atoms with Gasteiger partial charge in [-0.3, -0.25) is 18.8 Å². The summed E-state index contributed by atoms with van der Waals surface area (Å²) in [5.74, 6) is 0.737. The lowest BCUT2D eigenvalue weighted by Crippen LogP contribution is -2.34. The molecule has 0 spiro atoms. The van der Waals surface area contributed by atoms with E-state index in [2.05, 4.69) is 29.2 Å². The van der Waals surface area contributed by atoms with E-state index in [1.165, 1.54) is 0 Å². The molecule has 2 heterocycles. The minimum absolute atomic E-state index is 0.408. The van der Waals surface area contributed by atoms with Crippen molar-refractivity contribution in [2.75, 3.05) is 14.2 Å². The van der Waals surface area contributed by atoms with Gasteiger partial charge in [-0.2, -0.15) is 0 Å². The van der Waals surface area contributed by atoms with Gasteiger partial charge in [-0.05, 0) is 97.1 Å². The average Bonchev–Trinajstić information content (AvgIpc) is 3.24. The third-order valence-electron chi connectivity index (χ3n) is 8.83. The van der Waals surface area contributed by atoms with Gasteiger partial charge in [0.25, 0.3) is 0 Å². The van der Waals surface area contributed by atoms with Gasteiger partial charge >= 0.3 is 7.44 Å². The Morgan fingerprint density at radius 3 is 1.02 bits per heavy atom. The van der Waals surface area contributed by atoms with E-state index in [0.717, 1.165) is 39.9 Å². The fourth-order valence-corrected chi connectivity index (χ4v) is 9.37. The molecule has 6 aromatic carbocycles. The Hall–Kier alpha value is -6.75. The van der Waals surface area contributed by atoms with E-state index >= 15 is 4.57 Å². The fraction of sp³-hybridized carbons (Fsp3) is 0. The zero-order chi connectivity index (χ0) is 35.9. The second kappa shape index (κ2) is 15.2. The van der Waals surface area contributed by atoms with Gasteiger partial charge in [-0.25, -0.2) is 9.97 Å². The van der Waals surface area contributed by atoms with E-state index in [1.54, 1.807) is 0 Å². The molecule has 0 saturated heterocycles. The first-order valence-electron chi connectivity index (χ1n) is 17.5. The van der Waals surface area contributed by atoms with Crippen molar-refractivity contribution in [2.45, 2.75) is 0 Å². The summed E-state index contributed by atoms with van der Waals surface area (Å²) < 4.78 is 20.8. The molecule has 0 atom stereocenters. The molecule has 8 aromatic rings. The lowest BCUT2D eigenvalue weighted by molar-refractivity contribution is 0.580. The van der Waals surface area contributed by atoms with Crippen LogP contribution in [0.4, 0.5) is 39.9 Å². The van der Waals surface area contributed by atoms with Gasteiger partial charge in [0.1, 0.15) is 11.3 Å². The van der Waals surface area contributed by atoms with Gasteiger partial charge in [0.05, 0.1) is 11.4 Å². The molecule has 6 nitrogen and oxygen atoms in total. The van der Waals surface area contributed by atoms with Crippen LogP contribution in [-0.2, 0) is 4.57 Å². The smallest absolute Gasteiger partial charge is 0.295 e. The number of pyridine rings is 2. The van der Waals surface area contributed by atoms with Gasteiger partial charge in [0, 0.05) is 34.1 Å². The molecule has 0 bridgehead atoms. The van der Waals surface area contributed by atoms with Crippen molar-refractivity contribution in [3.63, 3.8) is 0 Å². The second-order valence-corrected chi connectivity index (χ2v) is 14.6. The first-order valence-corrected chi connectivity index (χ1v) is 19.1. The first kappa shape index (κ1) is 33.4. The number of rotatable bonds is 11. The Bertz CT molecular complexity index is 2230. The van der Waals surface area contributed by atoms with Crippen LogP contribution in [0.3, 0.4) is 0 Å². The minimum Gasteiger partial charge on any atom is -0.295 e. The van der Waals surface area contributed by atoms with Crippen molar-refractivity contribution >= 4 is 52.8 Å². The van der Waals surface area contributed by atoms with Crippen LogP contribution in [0.5, 0.6) is 0 Å². The number of aromatic nitrogens is 2. The third kappa shape index (κ3) is 6.84. The maximum atomic E-state index is 16.9. The molecule has 0 unspecified atom stereocenters. The summed E-state index contributed by atoms with van der Waals surface area (Å²) in [5.41, 5.74) is 6.72. The lowest BCUT2D eigenvalue weighted by Gasteiger charge is -2.41. The quantitative estimate of drug-likeness (QED) is 0.125. The molecule has 0 N–H and O–H groups in total. The van der Waals surface area contributed by atoms with Crippen molar-refractivity contribution in [3.05, 3.63) is 218 Å². The van der Waals surface area contributed by atoms with Crippen molar-refractivity contribution in [2.24, 2.45) is 0 Å². The molecule has 8 rings (SSSR count). The zero-order valence-corrected chi connectivity index (χ0v) is 29.8. The summed E-state index contributed by atoms with van der Waals surface area (Å²) >= 11 is 0. The Kier molecular flexibility index (Phi) is 9.60. The van der Waals surface area contributed by atoms with Crippen molar-refractivity contribution in [3.8, 4) is 11.4 Å². The Morgan fingerprint density at radius 2 is 0.642 bits per heavy atom. The molecule has 0 aliphatic rings. The van der Waals surface area contributed by atoms with E-state index < -0.39 is 7.44 Å². The van der Waals surface area contributed by atoms with Crippen LogP contribution in [0.1, 0.15) is 0 Å². The monoisotopic (exact) mass is 705 g/mol. The van der Waals surface area contributed by atoms with Crippen LogP contribution in [0.15, 0.2) is 218 Å². The van der Waals surface area contributed by atoms with Crippen LogP contribution in [-0.4, -0.2) is 9.97 Å².